The Bertz CT molecular complexity index is 883. The van der Waals surface area contributed by atoms with E-state index in [9.17, 15) is 9.90 Å². The van der Waals surface area contributed by atoms with Crippen LogP contribution in [0.1, 0.15) is 54.3 Å². The first kappa shape index (κ1) is 21.3. The molecule has 1 saturated heterocycles. The number of halogens is 1. The van der Waals surface area contributed by atoms with Crippen LogP contribution in [0.3, 0.4) is 0 Å². The number of hydrogen-bond donors (Lipinski definition) is 2. The van der Waals surface area contributed by atoms with Crippen molar-refractivity contribution in [2.75, 3.05) is 30.4 Å². The fourth-order valence-corrected chi connectivity index (χ4v) is 3.86. The molecule has 0 bridgehead atoms. The van der Waals surface area contributed by atoms with Gasteiger partial charge in [-0.05, 0) is 37.0 Å². The number of phenols is 1. The van der Waals surface area contributed by atoms with E-state index in [1.807, 2.05) is 26.8 Å². The van der Waals surface area contributed by atoms with Crippen LogP contribution in [0.15, 0.2) is 18.2 Å². The number of aromatic nitrogens is 2. The highest BCUT2D eigenvalue weighted by atomic mass is 35.5. The number of ether oxygens (including phenoxy) is 1. The fraction of sp³-hybridized carbons (Fsp3) is 0.476. The third kappa shape index (κ3) is 4.97. The Morgan fingerprint density at radius 2 is 2.14 bits per heavy atom. The van der Waals surface area contributed by atoms with E-state index < -0.39 is 0 Å². The molecule has 1 aromatic carbocycles. The lowest BCUT2D eigenvalue weighted by Crippen LogP contribution is -2.32. The Hall–Kier alpha value is -2.38. The number of phenolic OH excluding ortho intramolecular Hbond substituents is 1. The van der Waals surface area contributed by atoms with Gasteiger partial charge in [0.05, 0.1) is 18.2 Å². The number of carbonyl (C=O) groups excluding carboxylic acids is 1. The molecule has 3 rings (SSSR count). The molecule has 1 aliphatic heterocycles. The van der Waals surface area contributed by atoms with Crippen molar-refractivity contribution in [3.8, 4) is 5.75 Å². The molecule has 7 nitrogen and oxygen atoms in total. The zero-order valence-corrected chi connectivity index (χ0v) is 17.7. The van der Waals surface area contributed by atoms with Gasteiger partial charge in [0, 0.05) is 36.4 Å². The fourth-order valence-electron chi connectivity index (χ4n) is 3.57. The zero-order chi connectivity index (χ0) is 21.1. The molecule has 1 atom stereocenters. The van der Waals surface area contributed by atoms with Crippen LogP contribution in [-0.2, 0) is 4.74 Å². The van der Waals surface area contributed by atoms with Gasteiger partial charge in [0.15, 0.2) is 5.78 Å². The van der Waals surface area contributed by atoms with Gasteiger partial charge < -0.3 is 20.5 Å². The van der Waals surface area contributed by atoms with Gasteiger partial charge in [0.1, 0.15) is 11.6 Å². The second kappa shape index (κ2) is 8.97. The Morgan fingerprint density at radius 3 is 2.83 bits per heavy atom. The average Bonchev–Trinajstić information content (AvgIpc) is 2.87. The molecule has 29 heavy (non-hydrogen) atoms. The predicted molar refractivity (Wildman–Crippen MR) is 114 cm³/mol. The van der Waals surface area contributed by atoms with Crippen LogP contribution in [0.25, 0.3) is 0 Å². The summed E-state index contributed by atoms with van der Waals surface area (Å²) in [6.07, 6.45) is 1.16. The first-order valence-corrected chi connectivity index (χ1v) is 10.1. The number of aryl methyl sites for hydroxylation is 1. The van der Waals surface area contributed by atoms with Gasteiger partial charge in [-0.3, -0.25) is 4.79 Å². The summed E-state index contributed by atoms with van der Waals surface area (Å²) in [5.74, 6) is 0.878. The molecule has 1 fully saturated rings. The second-order valence-corrected chi connectivity index (χ2v) is 8.18. The number of anilines is 2. The van der Waals surface area contributed by atoms with Crippen LogP contribution >= 0.6 is 11.6 Å². The molecule has 0 amide bonds. The van der Waals surface area contributed by atoms with Gasteiger partial charge in [0.25, 0.3) is 0 Å². The number of aromatic hydroxyl groups is 1. The normalized spacial score (nSPS) is 17.4. The maximum Gasteiger partial charge on any atom is 0.222 e. The Balaban J connectivity index is 2.01. The maximum absolute atomic E-state index is 12.4. The van der Waals surface area contributed by atoms with Crippen molar-refractivity contribution in [2.24, 2.45) is 5.92 Å². The monoisotopic (exact) mass is 418 g/mol. The van der Waals surface area contributed by atoms with Gasteiger partial charge in [0.2, 0.25) is 5.95 Å². The molecule has 8 heteroatoms. The molecular weight excluding hydrogens is 392 g/mol. The summed E-state index contributed by atoms with van der Waals surface area (Å²) < 4.78 is 5.78. The lowest BCUT2D eigenvalue weighted by molar-refractivity contribution is 0.0965. The third-order valence-electron chi connectivity index (χ3n) is 4.86. The summed E-state index contributed by atoms with van der Waals surface area (Å²) in [5, 5.41) is 11.0. The van der Waals surface area contributed by atoms with Gasteiger partial charge >= 0.3 is 0 Å². The number of nitrogen functional groups attached to an aromatic ring is 1. The maximum atomic E-state index is 12.4. The van der Waals surface area contributed by atoms with Crippen molar-refractivity contribution in [2.45, 2.75) is 39.7 Å². The number of benzene rings is 1. The summed E-state index contributed by atoms with van der Waals surface area (Å²) in [6, 6.07) is 4.71. The average molecular weight is 419 g/mol. The first-order valence-electron chi connectivity index (χ1n) is 9.77. The van der Waals surface area contributed by atoms with E-state index in [4.69, 9.17) is 22.1 Å². The molecule has 0 saturated carbocycles. The van der Waals surface area contributed by atoms with E-state index in [0.717, 1.165) is 12.1 Å². The largest absolute Gasteiger partial charge is 0.507 e. The van der Waals surface area contributed by atoms with Crippen molar-refractivity contribution in [3.63, 3.8) is 0 Å². The molecule has 3 N–H and O–H groups in total. The number of nitrogens with zero attached hydrogens (tertiary/aromatic N) is 3. The molecule has 0 unspecified atom stereocenters. The standard InChI is InChI=1S/C21H27ClN4O3/c1-12(2)7-18(27)15-9-16(22)14(10-19(15)28)17-11-29-6-4-5-26(17)20-8-13(3)24-21(23)25-20/h8-10,12,17,28H,4-7,11H2,1-3H3,(H2,23,24,25)/t17-/m1/s1. The molecular formula is C21H27ClN4O3. The quantitative estimate of drug-likeness (QED) is 0.709. The van der Waals surface area contributed by atoms with E-state index in [1.54, 1.807) is 12.1 Å². The van der Waals surface area contributed by atoms with Crippen molar-refractivity contribution in [1.82, 2.24) is 9.97 Å². The van der Waals surface area contributed by atoms with Crippen LogP contribution in [0.2, 0.25) is 5.02 Å². The zero-order valence-electron chi connectivity index (χ0n) is 17.0. The summed E-state index contributed by atoms with van der Waals surface area (Å²) in [7, 11) is 0. The highest BCUT2D eigenvalue weighted by molar-refractivity contribution is 6.32. The summed E-state index contributed by atoms with van der Waals surface area (Å²) >= 11 is 6.58. The topological polar surface area (TPSA) is 102 Å². The molecule has 0 radical (unpaired) electrons. The van der Waals surface area contributed by atoms with Crippen LogP contribution in [-0.4, -0.2) is 40.6 Å². The van der Waals surface area contributed by atoms with E-state index in [1.165, 1.54) is 0 Å². The second-order valence-electron chi connectivity index (χ2n) is 7.78. The number of hydrogen-bond acceptors (Lipinski definition) is 7. The van der Waals surface area contributed by atoms with Crippen molar-refractivity contribution < 1.29 is 14.6 Å². The minimum Gasteiger partial charge on any atom is -0.507 e. The molecule has 2 aromatic rings. The smallest absolute Gasteiger partial charge is 0.222 e. The number of nitrogens with two attached hydrogens (primary N) is 1. The van der Waals surface area contributed by atoms with E-state index in [0.29, 0.717) is 42.6 Å². The molecule has 156 valence electrons. The predicted octanol–water partition coefficient (Wildman–Crippen LogP) is 3.92. The number of Topliss-reactive ketones (excluding diaryl/α,β-unsaturated/α-hetero) is 1. The minimum absolute atomic E-state index is 0.0716. The molecule has 0 spiro atoms. The van der Waals surface area contributed by atoms with Gasteiger partial charge in [-0.1, -0.05) is 25.4 Å². The van der Waals surface area contributed by atoms with Gasteiger partial charge in [-0.2, -0.15) is 4.98 Å². The number of rotatable bonds is 5. The molecule has 0 aliphatic carbocycles. The summed E-state index contributed by atoms with van der Waals surface area (Å²) in [6.45, 7) is 7.45. The van der Waals surface area contributed by atoms with Crippen molar-refractivity contribution in [3.05, 3.63) is 40.0 Å². The van der Waals surface area contributed by atoms with Crippen LogP contribution in [0.5, 0.6) is 5.75 Å². The lowest BCUT2D eigenvalue weighted by Gasteiger charge is -2.31. The number of carbonyl (C=O) groups is 1. The highest BCUT2D eigenvalue weighted by Crippen LogP contribution is 2.37. The van der Waals surface area contributed by atoms with Crippen LogP contribution in [0, 0.1) is 12.8 Å². The highest BCUT2D eigenvalue weighted by Gasteiger charge is 2.28. The van der Waals surface area contributed by atoms with Gasteiger partial charge in [-0.25, -0.2) is 4.98 Å². The van der Waals surface area contributed by atoms with Gasteiger partial charge in [-0.15, -0.1) is 0 Å². The molecule has 1 aliphatic rings. The minimum atomic E-state index is -0.279. The first-order chi connectivity index (χ1) is 13.8. The van der Waals surface area contributed by atoms with Crippen molar-refractivity contribution >= 4 is 29.2 Å². The lowest BCUT2D eigenvalue weighted by atomic mass is 9.97. The Labute approximate surface area is 175 Å². The molecule has 2 heterocycles. The third-order valence-corrected chi connectivity index (χ3v) is 5.19. The van der Waals surface area contributed by atoms with E-state index in [2.05, 4.69) is 14.9 Å². The van der Waals surface area contributed by atoms with E-state index >= 15 is 0 Å². The SMILES string of the molecule is Cc1cc(N2CCCOC[C@@H]2c2cc(O)c(C(=O)CC(C)C)cc2Cl)nc(N)n1. The summed E-state index contributed by atoms with van der Waals surface area (Å²) in [5.41, 5.74) is 7.54. The van der Waals surface area contributed by atoms with Crippen LogP contribution in [0.4, 0.5) is 11.8 Å². The Kier molecular flexibility index (Phi) is 6.59. The van der Waals surface area contributed by atoms with E-state index in [-0.39, 0.29) is 35.0 Å². The van der Waals surface area contributed by atoms with Crippen LogP contribution < -0.4 is 10.6 Å². The summed E-state index contributed by atoms with van der Waals surface area (Å²) in [4.78, 5) is 23.0. The number of ketones is 1. The molecule has 1 aromatic heterocycles. The Morgan fingerprint density at radius 1 is 1.38 bits per heavy atom. The van der Waals surface area contributed by atoms with Crippen molar-refractivity contribution in [1.29, 1.82) is 0 Å².